The first-order chi connectivity index (χ1) is 11.4. The van der Waals surface area contributed by atoms with Gasteiger partial charge < -0.3 is 4.74 Å². The van der Waals surface area contributed by atoms with E-state index in [1.807, 2.05) is 0 Å². The Morgan fingerprint density at radius 1 is 0.792 bits per heavy atom. The van der Waals surface area contributed by atoms with Crippen molar-refractivity contribution in [1.29, 1.82) is 0 Å². The average molecular weight is 327 g/mol. The second kappa shape index (κ2) is 4.51. The van der Waals surface area contributed by atoms with Crippen molar-refractivity contribution < 1.29 is 4.74 Å². The number of hydrogen-bond donors (Lipinski definition) is 0. The summed E-state index contributed by atoms with van der Waals surface area (Å²) < 4.78 is 6.29. The SMILES string of the molecule is CC1C(COC(C)(C)C)C2CC1C1C3CC(C4C5C=CC(C5)C34)C21. The van der Waals surface area contributed by atoms with E-state index in [1.165, 1.54) is 6.42 Å². The van der Waals surface area contributed by atoms with Crippen LogP contribution in [0.5, 0.6) is 0 Å². The Kier molecular flexibility index (Phi) is 2.78. The summed E-state index contributed by atoms with van der Waals surface area (Å²) in [5.41, 5.74) is 0.0239. The molecule has 132 valence electrons. The van der Waals surface area contributed by atoms with Gasteiger partial charge in [-0.2, -0.15) is 0 Å². The largest absolute Gasteiger partial charge is 0.376 e. The van der Waals surface area contributed by atoms with Crippen LogP contribution in [0.2, 0.25) is 0 Å². The summed E-state index contributed by atoms with van der Waals surface area (Å²) in [6.45, 7) is 10.3. The van der Waals surface area contributed by atoms with Crippen molar-refractivity contribution in [3.05, 3.63) is 12.2 Å². The fourth-order valence-corrected chi connectivity index (χ4v) is 9.32. The van der Waals surface area contributed by atoms with Gasteiger partial charge in [-0.05, 0) is 111 Å². The van der Waals surface area contributed by atoms with Gasteiger partial charge in [0, 0.05) is 0 Å². The Balaban J connectivity index is 1.28. The highest BCUT2D eigenvalue weighted by atomic mass is 16.5. The Morgan fingerprint density at radius 3 is 2.00 bits per heavy atom. The molecule has 0 radical (unpaired) electrons. The first-order valence-corrected chi connectivity index (χ1v) is 10.8. The third-order valence-electron chi connectivity index (χ3n) is 9.69. The lowest BCUT2D eigenvalue weighted by Crippen LogP contribution is -2.45. The molecule has 1 heteroatoms. The van der Waals surface area contributed by atoms with Crippen LogP contribution in [0.1, 0.15) is 47.0 Å². The van der Waals surface area contributed by atoms with Crippen LogP contribution < -0.4 is 0 Å². The van der Waals surface area contributed by atoms with Crippen molar-refractivity contribution in [3.63, 3.8) is 0 Å². The van der Waals surface area contributed by atoms with E-state index in [1.54, 1.807) is 12.8 Å². The third kappa shape index (κ3) is 1.67. The van der Waals surface area contributed by atoms with Gasteiger partial charge in [0.1, 0.15) is 0 Å². The van der Waals surface area contributed by atoms with Crippen molar-refractivity contribution in [2.24, 2.45) is 71.0 Å². The summed E-state index contributed by atoms with van der Waals surface area (Å²) in [4.78, 5) is 0. The molecule has 0 spiro atoms. The van der Waals surface area contributed by atoms with Gasteiger partial charge in [-0.1, -0.05) is 19.1 Å². The molecule has 0 aliphatic heterocycles. The molecule has 0 aromatic carbocycles. The minimum atomic E-state index is 0.0239. The summed E-state index contributed by atoms with van der Waals surface area (Å²) in [5.74, 6) is 12.3. The quantitative estimate of drug-likeness (QED) is 0.511. The second-order valence-electron chi connectivity index (χ2n) is 11.3. The fourth-order valence-electron chi connectivity index (χ4n) is 9.32. The van der Waals surface area contributed by atoms with Gasteiger partial charge in [0.05, 0.1) is 12.2 Å². The van der Waals surface area contributed by atoms with Gasteiger partial charge in [0.25, 0.3) is 0 Å². The van der Waals surface area contributed by atoms with E-state index < -0.39 is 0 Å². The van der Waals surface area contributed by atoms with Gasteiger partial charge >= 0.3 is 0 Å². The molecular formula is C23H34O. The lowest BCUT2D eigenvalue weighted by Gasteiger charge is -2.48. The molecule has 6 rings (SSSR count). The molecule has 0 aromatic rings. The number of allylic oxidation sites excluding steroid dienone is 2. The molecular weight excluding hydrogens is 292 g/mol. The molecule has 0 aromatic heterocycles. The van der Waals surface area contributed by atoms with Gasteiger partial charge in [-0.3, -0.25) is 0 Å². The number of ether oxygens (including phenoxy) is 1. The van der Waals surface area contributed by atoms with E-state index in [9.17, 15) is 0 Å². The van der Waals surface area contributed by atoms with E-state index in [0.29, 0.717) is 0 Å². The molecule has 12 unspecified atom stereocenters. The van der Waals surface area contributed by atoms with E-state index in [-0.39, 0.29) is 5.60 Å². The maximum absolute atomic E-state index is 6.29. The zero-order chi connectivity index (χ0) is 16.4. The highest BCUT2D eigenvalue weighted by molar-refractivity contribution is 5.25. The van der Waals surface area contributed by atoms with Crippen molar-refractivity contribution in [3.8, 4) is 0 Å². The van der Waals surface area contributed by atoms with Crippen molar-refractivity contribution in [1.82, 2.24) is 0 Å². The van der Waals surface area contributed by atoms with Crippen LogP contribution in [0.25, 0.3) is 0 Å². The summed E-state index contributed by atoms with van der Waals surface area (Å²) >= 11 is 0. The monoisotopic (exact) mass is 326 g/mol. The summed E-state index contributed by atoms with van der Waals surface area (Å²) in [7, 11) is 0. The van der Waals surface area contributed by atoms with Crippen LogP contribution >= 0.6 is 0 Å². The maximum atomic E-state index is 6.29. The van der Waals surface area contributed by atoms with E-state index in [2.05, 4.69) is 39.8 Å². The lowest BCUT2D eigenvalue weighted by molar-refractivity contribution is -0.0685. The van der Waals surface area contributed by atoms with Crippen LogP contribution in [0.4, 0.5) is 0 Å². The van der Waals surface area contributed by atoms with Crippen LogP contribution in [0.15, 0.2) is 12.2 Å². The molecule has 12 atom stereocenters. The Hall–Kier alpha value is -0.300. The summed E-state index contributed by atoms with van der Waals surface area (Å²) in [6.07, 6.45) is 9.88. The van der Waals surface area contributed by atoms with Crippen molar-refractivity contribution in [2.45, 2.75) is 52.6 Å². The predicted molar refractivity (Wildman–Crippen MR) is 96.3 cm³/mol. The minimum Gasteiger partial charge on any atom is -0.376 e. The molecule has 1 nitrogen and oxygen atoms in total. The van der Waals surface area contributed by atoms with Crippen molar-refractivity contribution >= 4 is 0 Å². The molecule has 5 fully saturated rings. The minimum absolute atomic E-state index is 0.0239. The van der Waals surface area contributed by atoms with E-state index in [4.69, 9.17) is 4.74 Å². The molecule has 6 aliphatic rings. The van der Waals surface area contributed by atoms with Crippen LogP contribution in [0.3, 0.4) is 0 Å². The zero-order valence-electron chi connectivity index (χ0n) is 15.8. The first-order valence-electron chi connectivity index (χ1n) is 10.8. The van der Waals surface area contributed by atoms with Gasteiger partial charge in [-0.15, -0.1) is 0 Å². The normalized spacial score (nSPS) is 61.8. The lowest BCUT2D eigenvalue weighted by atomic mass is 9.57. The van der Waals surface area contributed by atoms with E-state index in [0.717, 1.165) is 77.6 Å². The maximum Gasteiger partial charge on any atom is 0.0598 e. The average Bonchev–Trinajstić information content (AvgIpc) is 3.29. The third-order valence-corrected chi connectivity index (χ3v) is 9.69. The second-order valence-corrected chi connectivity index (χ2v) is 11.3. The summed E-state index contributed by atoms with van der Waals surface area (Å²) in [5, 5.41) is 0. The predicted octanol–water partition coefficient (Wildman–Crippen LogP) is 5.02. The molecule has 24 heavy (non-hydrogen) atoms. The Bertz CT molecular complexity index is 585. The smallest absolute Gasteiger partial charge is 0.0598 e. The highest BCUT2D eigenvalue weighted by Crippen LogP contribution is 2.77. The molecule has 0 amide bonds. The number of hydrogen-bond acceptors (Lipinski definition) is 1. The van der Waals surface area contributed by atoms with E-state index >= 15 is 0 Å². The van der Waals surface area contributed by atoms with Crippen molar-refractivity contribution in [2.75, 3.05) is 6.61 Å². The van der Waals surface area contributed by atoms with Gasteiger partial charge in [0.15, 0.2) is 0 Å². The fraction of sp³-hybridized carbons (Fsp3) is 0.913. The molecule has 0 heterocycles. The highest BCUT2D eigenvalue weighted by Gasteiger charge is 2.72. The summed E-state index contributed by atoms with van der Waals surface area (Å²) in [6, 6.07) is 0. The molecule has 6 bridgehead atoms. The topological polar surface area (TPSA) is 9.23 Å². The number of fused-ring (bicyclic) bond motifs is 16. The molecule has 0 N–H and O–H groups in total. The van der Waals surface area contributed by atoms with Crippen LogP contribution in [-0.4, -0.2) is 12.2 Å². The first kappa shape index (κ1) is 14.8. The van der Waals surface area contributed by atoms with Crippen LogP contribution in [-0.2, 0) is 4.74 Å². The van der Waals surface area contributed by atoms with Gasteiger partial charge in [0.2, 0.25) is 0 Å². The Labute approximate surface area is 147 Å². The molecule has 6 aliphatic carbocycles. The molecule has 0 saturated heterocycles. The Morgan fingerprint density at radius 2 is 1.38 bits per heavy atom. The standard InChI is InChI=1S/C23H34O/c1-11-14-8-15(18(11)10-24-23(2,3)4)22-17-9-16(21(14)22)19-12-5-6-13(7-12)20(17)19/h5-6,11-22H,7-10H2,1-4H3. The van der Waals surface area contributed by atoms with Gasteiger partial charge in [-0.25, -0.2) is 0 Å². The number of rotatable bonds is 2. The zero-order valence-corrected chi connectivity index (χ0v) is 15.8. The molecule has 5 saturated carbocycles. The van der Waals surface area contributed by atoms with Crippen LogP contribution in [0, 0.1) is 71.0 Å².